The highest BCUT2D eigenvalue weighted by Crippen LogP contribution is 2.26. The van der Waals surface area contributed by atoms with Crippen LogP contribution in [0, 0.1) is 0 Å². The smallest absolute Gasteiger partial charge is 0.397 e. The molecule has 6 unspecified atom stereocenters. The molecule has 0 aromatic carbocycles. The zero-order valence-corrected chi connectivity index (χ0v) is 41.0. The fourth-order valence-corrected chi connectivity index (χ4v) is 8.71. The number of carbonyl (C=O) groups is 1. The summed E-state index contributed by atoms with van der Waals surface area (Å²) in [4.78, 5) is 12.9. The molecule has 374 valence electrons. The molecule has 1 rings (SSSR count). The highest BCUT2D eigenvalue weighted by Gasteiger charge is 2.48. The second-order valence-corrected chi connectivity index (χ2v) is 19.2. The van der Waals surface area contributed by atoms with Crippen molar-refractivity contribution >= 4 is 16.4 Å². The zero-order valence-electron chi connectivity index (χ0n) is 40.2. The summed E-state index contributed by atoms with van der Waals surface area (Å²) in [6.07, 6.45) is 38.1. The lowest BCUT2D eigenvalue weighted by molar-refractivity contribution is -0.301. The molecule has 0 saturated carbocycles. The van der Waals surface area contributed by atoms with E-state index in [0.717, 1.165) is 44.9 Å². The Morgan fingerprint density at radius 2 is 1.00 bits per heavy atom. The van der Waals surface area contributed by atoms with E-state index in [1.807, 2.05) is 0 Å². The van der Waals surface area contributed by atoms with Gasteiger partial charge in [-0.15, -0.1) is 0 Å². The molecule has 12 nitrogen and oxygen atoms in total. The van der Waals surface area contributed by atoms with Gasteiger partial charge in [-0.25, -0.2) is 4.18 Å². The van der Waals surface area contributed by atoms with Gasteiger partial charge in [-0.3, -0.25) is 9.35 Å². The Kier molecular flexibility index (Phi) is 40.1. The van der Waals surface area contributed by atoms with Gasteiger partial charge in [-0.05, 0) is 38.5 Å². The van der Waals surface area contributed by atoms with Crippen molar-refractivity contribution in [2.75, 3.05) is 26.4 Å². The molecule has 0 aromatic rings. The number of aliphatic hydroxyl groups is 3. The quantitative estimate of drug-likeness (QED) is 0.0197. The third-order valence-corrected chi connectivity index (χ3v) is 12.6. The van der Waals surface area contributed by atoms with Crippen LogP contribution < -0.4 is 0 Å². The Morgan fingerprint density at radius 3 is 1.43 bits per heavy atom. The van der Waals surface area contributed by atoms with Crippen LogP contribution in [0.4, 0.5) is 0 Å². The standard InChI is InChI=1S/C50H96O12S/c1-3-5-7-9-11-13-15-17-19-21-23-25-27-29-31-33-35-37-39-46(52)60-44(43-59-50-48(54)49(62-63(55,56)57)47(53)45(41-51)61-50)42-58-40-38-36-34-32-30-28-26-24-22-20-18-16-14-12-10-8-6-4-2/h19,21,44-45,47-51,53-54H,3-18,20,22-43H2,1-2H3,(H,55,56,57)/b21-19-. The molecule has 1 aliphatic rings. The Bertz CT molecular complexity index is 1150. The number of esters is 1. The minimum Gasteiger partial charge on any atom is -0.457 e. The van der Waals surface area contributed by atoms with Crippen molar-refractivity contribution in [1.29, 1.82) is 0 Å². The van der Waals surface area contributed by atoms with Crippen molar-refractivity contribution in [3.8, 4) is 0 Å². The van der Waals surface area contributed by atoms with Gasteiger partial charge in [-0.2, -0.15) is 8.42 Å². The summed E-state index contributed by atoms with van der Waals surface area (Å²) >= 11 is 0. The van der Waals surface area contributed by atoms with E-state index in [0.29, 0.717) is 13.0 Å². The SMILES string of the molecule is CCCCCCCCC/C=C\CCCCCCCCCC(=O)OC(COCCCCCCCCCCCCCCCCCCCC)COC1OC(CO)C(O)C(OS(=O)(=O)O)C1O. The Labute approximate surface area is 385 Å². The van der Waals surface area contributed by atoms with Crippen LogP contribution in [0.5, 0.6) is 0 Å². The first-order valence-corrected chi connectivity index (χ1v) is 27.3. The van der Waals surface area contributed by atoms with Crippen molar-refractivity contribution in [2.24, 2.45) is 0 Å². The van der Waals surface area contributed by atoms with Crippen molar-refractivity contribution in [2.45, 2.75) is 275 Å². The number of ether oxygens (including phenoxy) is 4. The van der Waals surface area contributed by atoms with E-state index >= 15 is 0 Å². The average molecular weight is 921 g/mol. The molecule has 6 atom stereocenters. The zero-order chi connectivity index (χ0) is 46.1. The number of hydrogen-bond acceptors (Lipinski definition) is 11. The van der Waals surface area contributed by atoms with Gasteiger partial charge in [0.05, 0.1) is 19.8 Å². The van der Waals surface area contributed by atoms with Crippen LogP contribution in [0.25, 0.3) is 0 Å². The number of hydrogen-bond donors (Lipinski definition) is 4. The first kappa shape index (κ1) is 59.9. The molecule has 0 aliphatic carbocycles. The molecule has 0 radical (unpaired) electrons. The topological polar surface area (TPSA) is 178 Å². The van der Waals surface area contributed by atoms with E-state index < -0.39 is 59.8 Å². The molecule has 0 bridgehead atoms. The summed E-state index contributed by atoms with van der Waals surface area (Å²) in [5, 5.41) is 30.7. The number of unbranched alkanes of at least 4 members (excludes halogenated alkanes) is 31. The molecule has 4 N–H and O–H groups in total. The maximum absolute atomic E-state index is 12.9. The number of allylic oxidation sites excluding steroid dienone is 2. The monoisotopic (exact) mass is 921 g/mol. The van der Waals surface area contributed by atoms with Crippen LogP contribution in [0.15, 0.2) is 12.2 Å². The molecular formula is C50H96O12S. The second-order valence-electron chi connectivity index (χ2n) is 18.1. The van der Waals surface area contributed by atoms with E-state index in [1.54, 1.807) is 0 Å². The molecule has 63 heavy (non-hydrogen) atoms. The van der Waals surface area contributed by atoms with Gasteiger partial charge in [0.15, 0.2) is 6.29 Å². The van der Waals surface area contributed by atoms with Crippen molar-refractivity contribution < 1.29 is 56.2 Å². The average Bonchev–Trinajstić information content (AvgIpc) is 3.26. The van der Waals surface area contributed by atoms with Crippen molar-refractivity contribution in [3.05, 3.63) is 12.2 Å². The number of rotatable bonds is 46. The van der Waals surface area contributed by atoms with Crippen LogP contribution in [-0.4, -0.2) is 97.5 Å². The maximum atomic E-state index is 12.9. The van der Waals surface area contributed by atoms with Gasteiger partial charge in [0.1, 0.15) is 30.5 Å². The fraction of sp³-hybridized carbons (Fsp3) is 0.940. The van der Waals surface area contributed by atoms with Gasteiger partial charge in [0.25, 0.3) is 0 Å². The van der Waals surface area contributed by atoms with Crippen LogP contribution in [0.2, 0.25) is 0 Å². The molecule has 0 spiro atoms. The predicted molar refractivity (Wildman–Crippen MR) is 253 cm³/mol. The number of aliphatic hydroxyl groups excluding tert-OH is 3. The van der Waals surface area contributed by atoms with Crippen molar-refractivity contribution in [3.63, 3.8) is 0 Å². The minimum absolute atomic E-state index is 0.0405. The Morgan fingerprint density at radius 1 is 0.587 bits per heavy atom. The van der Waals surface area contributed by atoms with Crippen LogP contribution >= 0.6 is 0 Å². The molecule has 0 amide bonds. The Hall–Kier alpha value is -1.16. The van der Waals surface area contributed by atoms with E-state index in [4.69, 9.17) is 18.9 Å². The summed E-state index contributed by atoms with van der Waals surface area (Å²) in [5.41, 5.74) is 0. The highest BCUT2D eigenvalue weighted by atomic mass is 32.3. The molecule has 0 aromatic heterocycles. The van der Waals surface area contributed by atoms with Gasteiger partial charge < -0.3 is 34.3 Å². The summed E-state index contributed by atoms with van der Waals surface area (Å²) in [6.45, 7) is 4.04. The fourth-order valence-electron chi connectivity index (χ4n) is 8.20. The summed E-state index contributed by atoms with van der Waals surface area (Å²) in [6, 6.07) is 0. The lowest BCUT2D eigenvalue weighted by atomic mass is 9.99. The Balaban J connectivity index is 2.35. The summed E-state index contributed by atoms with van der Waals surface area (Å²) in [7, 11) is -5.06. The molecule has 1 saturated heterocycles. The van der Waals surface area contributed by atoms with Crippen LogP contribution in [0.3, 0.4) is 0 Å². The molecule has 1 fully saturated rings. The lowest BCUT2D eigenvalue weighted by Gasteiger charge is -2.41. The van der Waals surface area contributed by atoms with Crippen LogP contribution in [0.1, 0.15) is 239 Å². The first-order valence-electron chi connectivity index (χ1n) is 25.9. The molecular weight excluding hydrogens is 825 g/mol. The molecule has 1 heterocycles. The van der Waals surface area contributed by atoms with E-state index in [1.165, 1.54) is 167 Å². The van der Waals surface area contributed by atoms with Gasteiger partial charge >= 0.3 is 16.4 Å². The largest absolute Gasteiger partial charge is 0.457 e. The predicted octanol–water partition coefficient (Wildman–Crippen LogP) is 11.8. The lowest BCUT2D eigenvalue weighted by Crippen LogP contribution is -2.60. The summed E-state index contributed by atoms with van der Waals surface area (Å²) < 4.78 is 59.3. The second kappa shape index (κ2) is 42.2. The third kappa shape index (κ3) is 35.7. The maximum Gasteiger partial charge on any atom is 0.397 e. The van der Waals surface area contributed by atoms with E-state index in [2.05, 4.69) is 30.2 Å². The first-order chi connectivity index (χ1) is 30.6. The van der Waals surface area contributed by atoms with E-state index in [9.17, 15) is 33.1 Å². The third-order valence-electron chi connectivity index (χ3n) is 12.1. The van der Waals surface area contributed by atoms with Crippen molar-refractivity contribution in [1.82, 2.24) is 0 Å². The normalized spacial score (nSPS) is 19.9. The van der Waals surface area contributed by atoms with Crippen LogP contribution in [-0.2, 0) is 38.3 Å². The summed E-state index contributed by atoms with van der Waals surface area (Å²) in [5.74, 6) is -0.398. The van der Waals surface area contributed by atoms with Gasteiger partial charge in [-0.1, -0.05) is 206 Å². The van der Waals surface area contributed by atoms with E-state index in [-0.39, 0.29) is 19.6 Å². The minimum atomic E-state index is -5.06. The van der Waals surface area contributed by atoms with Gasteiger partial charge in [0.2, 0.25) is 0 Å². The number of carbonyl (C=O) groups excluding carboxylic acids is 1. The highest BCUT2D eigenvalue weighted by molar-refractivity contribution is 7.80. The van der Waals surface area contributed by atoms with Gasteiger partial charge in [0, 0.05) is 13.0 Å². The molecule has 1 aliphatic heterocycles. The molecule has 13 heteroatoms.